The Kier molecular flexibility index (Phi) is 21.1. The molecular weight excluding hydrogens is 845 g/mol. The van der Waals surface area contributed by atoms with Gasteiger partial charge >= 0.3 is 6.09 Å². The average Bonchev–Trinajstić information content (AvgIpc) is 3.84. The number of fused-ring (bicyclic) bond motifs is 3. The number of piperidine rings is 1. The molecule has 1 aliphatic heterocycles. The molecule has 1 fully saturated rings. The normalized spacial score (nSPS) is 14.1. The Hall–Kier alpha value is -4.47. The number of benzene rings is 1. The number of amides is 2. The number of alkyl carbamates (subject to hydrolysis) is 1. The second kappa shape index (κ2) is 26.6. The highest BCUT2D eigenvalue weighted by atomic mass is 16.6. The van der Waals surface area contributed by atoms with Gasteiger partial charge in [-0.1, -0.05) is 5.16 Å². The summed E-state index contributed by atoms with van der Waals surface area (Å²) >= 11 is 0. The summed E-state index contributed by atoms with van der Waals surface area (Å²) in [5.74, 6) is 2.49. The maximum absolute atomic E-state index is 13.1. The van der Waals surface area contributed by atoms with E-state index in [9.17, 15) is 9.59 Å². The van der Waals surface area contributed by atoms with Crippen molar-refractivity contribution in [1.82, 2.24) is 29.9 Å². The van der Waals surface area contributed by atoms with Gasteiger partial charge in [0.05, 0.1) is 134 Å². The number of carbonyl (C=O) groups is 2. The van der Waals surface area contributed by atoms with E-state index in [0.717, 1.165) is 57.4 Å². The maximum Gasteiger partial charge on any atom is 0.407 e. The number of aryl methyl sites for hydroxylation is 2. The number of nitrogens with one attached hydrogen (secondary N) is 1. The van der Waals surface area contributed by atoms with E-state index in [1.54, 1.807) is 14.2 Å². The number of hydrogen-bond donors (Lipinski definition) is 1. The first-order valence-electron chi connectivity index (χ1n) is 22.5. The van der Waals surface area contributed by atoms with Crippen LogP contribution in [0.15, 0.2) is 22.9 Å². The molecular formula is C46H70N6O13. The third kappa shape index (κ3) is 15.8. The largest absolute Gasteiger partial charge is 0.496 e. The molecule has 362 valence electrons. The number of rotatable bonds is 29. The standard InChI is InChI=1S/C46H70N6O13/c1-32(30-55-7)52-43-36-28-40(56-8)37(42-33(2)50-65-34(42)3)27-38(36)48-29-39(43)49-44(52)35-9-12-51(13-10-35)41(53)31-63-26-25-62-24-23-61-22-21-60-20-19-59-18-17-58-16-15-57-14-11-47-45(54)64-46(4,5)6/h27-29,32,35H,9-26,30-31H2,1-8H3,(H,47,54). The number of likely N-dealkylation sites (tertiary alicyclic amines) is 1. The van der Waals surface area contributed by atoms with Gasteiger partial charge < -0.3 is 66.7 Å². The summed E-state index contributed by atoms with van der Waals surface area (Å²) in [6.07, 6.45) is 2.92. The van der Waals surface area contributed by atoms with Crippen LogP contribution in [-0.2, 0) is 47.4 Å². The minimum absolute atomic E-state index is 0.00211. The monoisotopic (exact) mass is 915 g/mol. The highest BCUT2D eigenvalue weighted by Crippen LogP contribution is 2.41. The summed E-state index contributed by atoms with van der Waals surface area (Å²) in [6.45, 7) is 19.0. The van der Waals surface area contributed by atoms with Crippen molar-refractivity contribution in [2.24, 2.45) is 0 Å². The van der Waals surface area contributed by atoms with Crippen molar-refractivity contribution in [2.45, 2.75) is 71.9 Å². The molecule has 1 atom stereocenters. The molecule has 65 heavy (non-hydrogen) atoms. The molecule has 3 aromatic heterocycles. The molecule has 2 amide bonds. The molecule has 5 rings (SSSR count). The number of nitrogens with zero attached hydrogens (tertiary/aromatic N) is 5. The molecule has 0 saturated carbocycles. The first kappa shape index (κ1) is 51.5. The van der Waals surface area contributed by atoms with E-state index < -0.39 is 11.7 Å². The molecule has 1 unspecified atom stereocenters. The SMILES string of the molecule is COCC(C)n1c(C2CCN(C(=O)COCCOCCOCCOCCOCCOCCOCCNC(=O)OC(C)(C)C)CC2)nc2cnc3cc(-c4c(C)noc4C)c(OC)cc3c21. The van der Waals surface area contributed by atoms with Crippen molar-refractivity contribution in [3.8, 4) is 16.9 Å². The highest BCUT2D eigenvalue weighted by Gasteiger charge is 2.30. The van der Waals surface area contributed by atoms with Gasteiger partial charge in [0.1, 0.15) is 35.1 Å². The lowest BCUT2D eigenvalue weighted by atomic mass is 9.95. The third-order valence-electron chi connectivity index (χ3n) is 10.6. The lowest BCUT2D eigenvalue weighted by molar-refractivity contribution is -0.137. The Labute approximate surface area is 381 Å². The van der Waals surface area contributed by atoms with Gasteiger partial charge in [0.25, 0.3) is 0 Å². The van der Waals surface area contributed by atoms with Crippen LogP contribution < -0.4 is 10.1 Å². The molecule has 1 aliphatic rings. The molecule has 4 heterocycles. The lowest BCUT2D eigenvalue weighted by Gasteiger charge is -2.32. The fourth-order valence-electron chi connectivity index (χ4n) is 7.60. The van der Waals surface area contributed by atoms with Crippen LogP contribution in [0.4, 0.5) is 4.79 Å². The number of pyridine rings is 1. The van der Waals surface area contributed by atoms with E-state index in [1.165, 1.54) is 0 Å². The van der Waals surface area contributed by atoms with Gasteiger partial charge in [-0.2, -0.15) is 0 Å². The lowest BCUT2D eigenvalue weighted by Crippen LogP contribution is -2.40. The van der Waals surface area contributed by atoms with Gasteiger partial charge in [-0.15, -0.1) is 0 Å². The number of ether oxygens (including phenoxy) is 10. The average molecular weight is 915 g/mol. The van der Waals surface area contributed by atoms with Gasteiger partial charge in [0.2, 0.25) is 5.91 Å². The summed E-state index contributed by atoms with van der Waals surface area (Å²) in [6, 6.07) is 4.06. The van der Waals surface area contributed by atoms with Gasteiger partial charge in [0, 0.05) is 43.6 Å². The molecule has 19 nitrogen and oxygen atoms in total. The van der Waals surface area contributed by atoms with E-state index in [2.05, 4.69) is 22.0 Å². The summed E-state index contributed by atoms with van der Waals surface area (Å²) < 4.78 is 63.2. The second-order valence-corrected chi connectivity index (χ2v) is 16.7. The molecule has 4 aromatic rings. The number of hydrogen-bond acceptors (Lipinski definition) is 16. The molecule has 0 radical (unpaired) electrons. The zero-order valence-electron chi connectivity index (χ0n) is 39.6. The van der Waals surface area contributed by atoms with Crippen LogP contribution in [-0.4, -0.2) is 175 Å². The third-order valence-corrected chi connectivity index (χ3v) is 10.6. The summed E-state index contributed by atoms with van der Waals surface area (Å²) in [7, 11) is 3.37. The van der Waals surface area contributed by atoms with E-state index in [-0.39, 0.29) is 24.5 Å². The quantitative estimate of drug-likeness (QED) is 0.0677. The number of carbonyl (C=O) groups excluding carboxylic acids is 2. The fraction of sp³-hybridized carbons (Fsp3) is 0.674. The van der Waals surface area contributed by atoms with Gasteiger partial charge in [-0.25, -0.2) is 9.78 Å². The molecule has 19 heteroatoms. The topological polar surface area (TPSA) is 198 Å². The smallest absolute Gasteiger partial charge is 0.407 e. The van der Waals surface area contributed by atoms with Crippen LogP contribution in [0.25, 0.3) is 33.1 Å². The van der Waals surface area contributed by atoms with Gasteiger partial charge in [-0.05, 0) is 66.5 Å². The number of imidazole rings is 1. The van der Waals surface area contributed by atoms with Crippen molar-refractivity contribution in [3.63, 3.8) is 0 Å². The van der Waals surface area contributed by atoms with Crippen LogP contribution in [0, 0.1) is 13.8 Å². The van der Waals surface area contributed by atoms with Crippen molar-refractivity contribution >= 4 is 33.9 Å². The predicted octanol–water partition coefficient (Wildman–Crippen LogP) is 5.42. The summed E-state index contributed by atoms with van der Waals surface area (Å²) in [5.41, 5.74) is 4.63. The zero-order chi connectivity index (χ0) is 46.6. The Morgan fingerprint density at radius 3 is 1.91 bits per heavy atom. The number of aromatic nitrogens is 4. The van der Waals surface area contributed by atoms with E-state index >= 15 is 0 Å². The first-order valence-corrected chi connectivity index (χ1v) is 22.5. The van der Waals surface area contributed by atoms with Crippen LogP contribution in [0.1, 0.15) is 69.8 Å². The van der Waals surface area contributed by atoms with Gasteiger partial charge in [-0.3, -0.25) is 9.78 Å². The Morgan fingerprint density at radius 2 is 1.38 bits per heavy atom. The maximum atomic E-state index is 13.1. The summed E-state index contributed by atoms with van der Waals surface area (Å²) in [5, 5.41) is 7.72. The Bertz CT molecular complexity index is 2040. The van der Waals surface area contributed by atoms with Crippen LogP contribution in [0.5, 0.6) is 5.75 Å². The molecule has 1 aromatic carbocycles. The molecule has 0 aliphatic carbocycles. The van der Waals surface area contributed by atoms with Crippen LogP contribution >= 0.6 is 0 Å². The van der Waals surface area contributed by atoms with Gasteiger partial charge in [0.15, 0.2) is 0 Å². The molecule has 0 bridgehead atoms. The number of methoxy groups -OCH3 is 2. The highest BCUT2D eigenvalue weighted by molar-refractivity contribution is 6.05. The molecule has 0 spiro atoms. The summed E-state index contributed by atoms with van der Waals surface area (Å²) in [4.78, 5) is 36.5. The fourth-order valence-corrected chi connectivity index (χ4v) is 7.60. The van der Waals surface area contributed by atoms with Crippen molar-refractivity contribution < 1.29 is 61.5 Å². The minimum atomic E-state index is -0.525. The zero-order valence-corrected chi connectivity index (χ0v) is 39.6. The van der Waals surface area contributed by atoms with Crippen molar-refractivity contribution in [1.29, 1.82) is 0 Å². The first-order chi connectivity index (χ1) is 31.4. The Morgan fingerprint density at radius 1 is 0.815 bits per heavy atom. The van der Waals surface area contributed by atoms with E-state index in [1.807, 2.05) is 57.8 Å². The van der Waals surface area contributed by atoms with Crippen molar-refractivity contribution in [2.75, 3.05) is 133 Å². The van der Waals surface area contributed by atoms with Crippen molar-refractivity contribution in [3.05, 3.63) is 35.6 Å². The van der Waals surface area contributed by atoms with Crippen LogP contribution in [0.3, 0.4) is 0 Å². The molecule has 1 N–H and O–H groups in total. The van der Waals surface area contributed by atoms with Crippen LogP contribution in [0.2, 0.25) is 0 Å². The second-order valence-electron chi connectivity index (χ2n) is 16.7. The van der Waals surface area contributed by atoms with E-state index in [0.29, 0.717) is 124 Å². The predicted molar refractivity (Wildman–Crippen MR) is 242 cm³/mol. The van der Waals surface area contributed by atoms with E-state index in [4.69, 9.17) is 61.9 Å². The Balaban J connectivity index is 0.909. The molecule has 1 saturated heterocycles. The minimum Gasteiger partial charge on any atom is -0.496 e.